The Labute approximate surface area is 168 Å². The second-order valence-corrected chi connectivity index (χ2v) is 6.21. The minimum absolute atomic E-state index is 0.0429. The lowest BCUT2D eigenvalue weighted by Gasteiger charge is -2.25. The average Bonchev–Trinajstić information content (AvgIpc) is 2.74. The van der Waals surface area contributed by atoms with E-state index in [9.17, 15) is 0 Å². The first kappa shape index (κ1) is 18.1. The number of aromatic nitrogens is 3. The molecule has 1 aromatic heterocycles. The van der Waals surface area contributed by atoms with E-state index in [0.29, 0.717) is 0 Å². The number of benzene rings is 3. The molecule has 0 saturated heterocycles. The summed E-state index contributed by atoms with van der Waals surface area (Å²) in [7, 11) is 0. The van der Waals surface area contributed by atoms with Crippen LogP contribution in [0.4, 0.5) is 34.9 Å². The van der Waals surface area contributed by atoms with Gasteiger partial charge in [-0.2, -0.15) is 15.0 Å². The molecule has 0 bridgehead atoms. The highest BCUT2D eigenvalue weighted by Crippen LogP contribution is 2.33. The second-order valence-electron chi connectivity index (χ2n) is 6.21. The van der Waals surface area contributed by atoms with Crippen LogP contribution in [0.2, 0.25) is 0 Å². The third kappa shape index (κ3) is 4.36. The molecule has 0 spiro atoms. The van der Waals surface area contributed by atoms with Crippen molar-refractivity contribution in [3.8, 4) is 0 Å². The summed E-state index contributed by atoms with van der Waals surface area (Å²) in [5, 5.41) is 0. The molecular formula is C22H19N7. The predicted molar refractivity (Wildman–Crippen MR) is 117 cm³/mol. The Balaban J connectivity index is 1.63. The standard InChI is InChI=1S/C22H19N7/c23-20-26-21(24)28-22(27-20)25-15-16-11-13-19(14-12-16)29(17-7-3-1-4-8-17)18-9-5-2-6-10-18/h1-15H,(H4,23,24,26,27,28). The van der Waals surface area contributed by atoms with E-state index >= 15 is 0 Å². The Morgan fingerprint density at radius 2 is 1.10 bits per heavy atom. The van der Waals surface area contributed by atoms with E-state index in [4.69, 9.17) is 11.5 Å². The normalized spacial score (nSPS) is 10.9. The molecule has 0 unspecified atom stereocenters. The summed E-state index contributed by atoms with van der Waals surface area (Å²) in [6.45, 7) is 0. The minimum Gasteiger partial charge on any atom is -0.368 e. The fraction of sp³-hybridized carbons (Fsp3) is 0. The molecule has 29 heavy (non-hydrogen) atoms. The summed E-state index contributed by atoms with van der Waals surface area (Å²) in [6, 6.07) is 28.5. The summed E-state index contributed by atoms with van der Waals surface area (Å²) >= 11 is 0. The molecule has 0 aliphatic rings. The molecule has 4 N–H and O–H groups in total. The first-order valence-corrected chi connectivity index (χ1v) is 9.00. The van der Waals surface area contributed by atoms with Gasteiger partial charge in [-0.1, -0.05) is 48.5 Å². The topological polar surface area (TPSA) is 106 Å². The van der Waals surface area contributed by atoms with Crippen molar-refractivity contribution in [2.45, 2.75) is 0 Å². The number of para-hydroxylation sites is 2. The van der Waals surface area contributed by atoms with Crippen LogP contribution in [-0.4, -0.2) is 21.2 Å². The van der Waals surface area contributed by atoms with Crippen molar-refractivity contribution < 1.29 is 0 Å². The average molecular weight is 381 g/mol. The van der Waals surface area contributed by atoms with Crippen molar-refractivity contribution in [1.29, 1.82) is 0 Å². The van der Waals surface area contributed by atoms with Gasteiger partial charge >= 0.3 is 0 Å². The van der Waals surface area contributed by atoms with Crippen LogP contribution in [0.3, 0.4) is 0 Å². The lowest BCUT2D eigenvalue weighted by Crippen LogP contribution is -2.09. The highest BCUT2D eigenvalue weighted by Gasteiger charge is 2.11. The molecule has 7 heteroatoms. The minimum atomic E-state index is 0.0429. The summed E-state index contributed by atoms with van der Waals surface area (Å²) in [4.78, 5) is 18.0. The SMILES string of the molecule is Nc1nc(N)nc(N=Cc2ccc(N(c3ccccc3)c3ccccc3)cc2)n1. The van der Waals surface area contributed by atoms with Crippen LogP contribution in [0.15, 0.2) is 89.9 Å². The molecule has 0 saturated carbocycles. The van der Waals surface area contributed by atoms with Crippen LogP contribution in [0.25, 0.3) is 0 Å². The van der Waals surface area contributed by atoms with Gasteiger partial charge in [0.2, 0.25) is 11.9 Å². The molecule has 4 rings (SSSR count). The van der Waals surface area contributed by atoms with E-state index in [2.05, 4.69) is 49.1 Å². The van der Waals surface area contributed by atoms with Gasteiger partial charge in [0.05, 0.1) is 0 Å². The number of nitrogens with two attached hydrogens (primary N) is 2. The number of anilines is 5. The van der Waals surface area contributed by atoms with Crippen molar-refractivity contribution in [1.82, 2.24) is 15.0 Å². The molecule has 3 aromatic carbocycles. The van der Waals surface area contributed by atoms with E-state index < -0.39 is 0 Å². The van der Waals surface area contributed by atoms with Gasteiger partial charge in [0.1, 0.15) is 0 Å². The van der Waals surface area contributed by atoms with Gasteiger partial charge < -0.3 is 16.4 Å². The fourth-order valence-electron chi connectivity index (χ4n) is 2.90. The van der Waals surface area contributed by atoms with Crippen LogP contribution < -0.4 is 16.4 Å². The number of nitrogens with zero attached hydrogens (tertiary/aromatic N) is 5. The van der Waals surface area contributed by atoms with Crippen LogP contribution in [0.5, 0.6) is 0 Å². The molecule has 0 radical (unpaired) electrons. The Morgan fingerprint density at radius 1 is 0.621 bits per heavy atom. The summed E-state index contributed by atoms with van der Waals surface area (Å²) in [6.07, 6.45) is 1.66. The first-order chi connectivity index (χ1) is 14.2. The molecule has 0 atom stereocenters. The van der Waals surface area contributed by atoms with E-state index in [1.165, 1.54) is 0 Å². The maximum Gasteiger partial charge on any atom is 0.255 e. The summed E-state index contributed by atoms with van der Waals surface area (Å²) < 4.78 is 0. The Hall–Kier alpha value is -4.26. The quantitative estimate of drug-likeness (QED) is 0.500. The smallest absolute Gasteiger partial charge is 0.255 e. The highest BCUT2D eigenvalue weighted by molar-refractivity contribution is 5.83. The van der Waals surface area contributed by atoms with Gasteiger partial charge in [0, 0.05) is 23.3 Å². The van der Waals surface area contributed by atoms with Gasteiger partial charge in [0.25, 0.3) is 5.95 Å². The molecule has 1 heterocycles. The van der Waals surface area contributed by atoms with Gasteiger partial charge in [-0.15, -0.1) is 0 Å². The van der Waals surface area contributed by atoms with Crippen LogP contribution in [-0.2, 0) is 0 Å². The molecule has 7 nitrogen and oxygen atoms in total. The lowest BCUT2D eigenvalue weighted by atomic mass is 10.1. The molecule has 0 aliphatic carbocycles. The maximum atomic E-state index is 5.57. The third-order valence-electron chi connectivity index (χ3n) is 4.17. The number of rotatable bonds is 5. The zero-order valence-corrected chi connectivity index (χ0v) is 15.6. The van der Waals surface area contributed by atoms with Crippen LogP contribution >= 0.6 is 0 Å². The summed E-state index contributed by atoms with van der Waals surface area (Å²) in [5.74, 6) is 0.261. The predicted octanol–water partition coefficient (Wildman–Crippen LogP) is 4.26. The Kier molecular flexibility index (Phi) is 5.11. The molecule has 4 aromatic rings. The number of hydrogen-bond acceptors (Lipinski definition) is 7. The van der Waals surface area contributed by atoms with E-state index in [-0.39, 0.29) is 17.8 Å². The molecular weight excluding hydrogens is 362 g/mol. The van der Waals surface area contributed by atoms with Crippen molar-refractivity contribution in [2.75, 3.05) is 16.4 Å². The van der Waals surface area contributed by atoms with Gasteiger partial charge in [0.15, 0.2) is 0 Å². The van der Waals surface area contributed by atoms with Gasteiger partial charge in [-0.3, -0.25) is 0 Å². The van der Waals surface area contributed by atoms with Crippen molar-refractivity contribution in [3.05, 3.63) is 90.5 Å². The Bertz CT molecular complexity index is 1050. The third-order valence-corrected chi connectivity index (χ3v) is 4.17. The maximum absolute atomic E-state index is 5.57. The lowest BCUT2D eigenvalue weighted by molar-refractivity contribution is 1.07. The van der Waals surface area contributed by atoms with Crippen LogP contribution in [0.1, 0.15) is 5.56 Å². The number of nitrogen functional groups attached to an aromatic ring is 2. The van der Waals surface area contributed by atoms with Crippen molar-refractivity contribution in [2.24, 2.45) is 4.99 Å². The highest BCUT2D eigenvalue weighted by atomic mass is 15.2. The molecule has 0 aliphatic heterocycles. The molecule has 142 valence electrons. The second kappa shape index (κ2) is 8.18. The monoisotopic (exact) mass is 381 g/mol. The molecule has 0 fully saturated rings. The van der Waals surface area contributed by atoms with Crippen LogP contribution in [0, 0.1) is 0 Å². The van der Waals surface area contributed by atoms with E-state index in [1.54, 1.807) is 6.21 Å². The van der Waals surface area contributed by atoms with Gasteiger partial charge in [-0.25, -0.2) is 4.99 Å². The Morgan fingerprint density at radius 3 is 1.62 bits per heavy atom. The van der Waals surface area contributed by atoms with Crippen molar-refractivity contribution >= 4 is 41.1 Å². The largest absolute Gasteiger partial charge is 0.368 e. The van der Waals surface area contributed by atoms with E-state index in [0.717, 1.165) is 22.6 Å². The van der Waals surface area contributed by atoms with E-state index in [1.807, 2.05) is 60.7 Å². The molecule has 0 amide bonds. The first-order valence-electron chi connectivity index (χ1n) is 9.00. The fourth-order valence-corrected chi connectivity index (χ4v) is 2.90. The number of hydrogen-bond donors (Lipinski definition) is 2. The summed E-state index contributed by atoms with van der Waals surface area (Å²) in [5.41, 5.74) is 15.2. The van der Waals surface area contributed by atoms with Crippen molar-refractivity contribution in [3.63, 3.8) is 0 Å². The number of aliphatic imine (C=N–C) groups is 1. The van der Waals surface area contributed by atoms with Gasteiger partial charge in [-0.05, 0) is 42.0 Å². The zero-order chi connectivity index (χ0) is 20.1. The zero-order valence-electron chi connectivity index (χ0n) is 15.6.